The number of nitrogens with two attached hydrogens (primary N) is 2. The van der Waals surface area contributed by atoms with Crippen molar-refractivity contribution >= 4 is 17.3 Å². The van der Waals surface area contributed by atoms with Crippen molar-refractivity contribution in [3.63, 3.8) is 0 Å². The molecule has 1 aliphatic heterocycles. The second-order valence-corrected chi connectivity index (χ2v) is 3.89. The van der Waals surface area contributed by atoms with Gasteiger partial charge in [0.25, 0.3) is 5.91 Å². The molecular formula is C11H16N4O. The lowest BCUT2D eigenvalue weighted by molar-refractivity contribution is 0.0736. The standard InChI is InChI=1S/C11H16N4O/c12-9-2-1-8(7-10(9)13)11(16)15-5-3-14-4-6-15/h1-2,7,14H,3-6,12-13H2. The average molecular weight is 220 g/mol. The van der Waals surface area contributed by atoms with Gasteiger partial charge in [-0.3, -0.25) is 4.79 Å². The number of carbonyl (C=O) groups is 1. The molecule has 0 bridgehead atoms. The lowest BCUT2D eigenvalue weighted by Crippen LogP contribution is -2.46. The first-order valence-corrected chi connectivity index (χ1v) is 5.33. The highest BCUT2D eigenvalue weighted by atomic mass is 16.2. The van der Waals surface area contributed by atoms with Gasteiger partial charge in [0.05, 0.1) is 11.4 Å². The van der Waals surface area contributed by atoms with E-state index >= 15 is 0 Å². The van der Waals surface area contributed by atoms with Crippen LogP contribution in [0.2, 0.25) is 0 Å². The number of nitrogens with one attached hydrogen (secondary N) is 1. The Labute approximate surface area is 94.4 Å². The van der Waals surface area contributed by atoms with Crippen molar-refractivity contribution in [3.8, 4) is 0 Å². The van der Waals surface area contributed by atoms with Crippen LogP contribution in [0.4, 0.5) is 11.4 Å². The van der Waals surface area contributed by atoms with Crippen LogP contribution in [-0.4, -0.2) is 37.0 Å². The van der Waals surface area contributed by atoms with E-state index in [9.17, 15) is 4.79 Å². The molecular weight excluding hydrogens is 204 g/mol. The third-order valence-electron chi connectivity index (χ3n) is 2.74. The van der Waals surface area contributed by atoms with Gasteiger partial charge in [-0.2, -0.15) is 0 Å². The number of rotatable bonds is 1. The number of anilines is 2. The molecule has 0 saturated carbocycles. The summed E-state index contributed by atoms with van der Waals surface area (Å²) in [5.41, 5.74) is 12.9. The first-order chi connectivity index (χ1) is 7.68. The lowest BCUT2D eigenvalue weighted by atomic mass is 10.1. The number of amides is 1. The van der Waals surface area contributed by atoms with Gasteiger partial charge in [-0.25, -0.2) is 0 Å². The lowest BCUT2D eigenvalue weighted by Gasteiger charge is -2.27. The van der Waals surface area contributed by atoms with Gasteiger partial charge in [0.2, 0.25) is 0 Å². The van der Waals surface area contributed by atoms with E-state index in [1.807, 2.05) is 4.90 Å². The maximum Gasteiger partial charge on any atom is 0.254 e. The zero-order chi connectivity index (χ0) is 11.5. The Kier molecular flexibility index (Phi) is 2.96. The van der Waals surface area contributed by atoms with Crippen LogP contribution in [0, 0.1) is 0 Å². The van der Waals surface area contributed by atoms with E-state index in [0.717, 1.165) is 26.2 Å². The number of hydrogen-bond acceptors (Lipinski definition) is 4. The second kappa shape index (κ2) is 4.40. The summed E-state index contributed by atoms with van der Waals surface area (Å²) >= 11 is 0. The summed E-state index contributed by atoms with van der Waals surface area (Å²) in [6.07, 6.45) is 0. The van der Waals surface area contributed by atoms with Gasteiger partial charge < -0.3 is 21.7 Å². The molecule has 16 heavy (non-hydrogen) atoms. The van der Waals surface area contributed by atoms with Crippen LogP contribution >= 0.6 is 0 Å². The highest BCUT2D eigenvalue weighted by molar-refractivity contribution is 5.96. The minimum atomic E-state index is 0.0215. The van der Waals surface area contributed by atoms with Crippen molar-refractivity contribution in [1.82, 2.24) is 10.2 Å². The largest absolute Gasteiger partial charge is 0.397 e. The number of nitrogen functional groups attached to an aromatic ring is 2. The SMILES string of the molecule is Nc1ccc(C(=O)N2CCNCC2)cc1N. The van der Waals surface area contributed by atoms with Crippen molar-refractivity contribution in [1.29, 1.82) is 0 Å². The number of hydrogen-bond donors (Lipinski definition) is 3. The van der Waals surface area contributed by atoms with Gasteiger partial charge >= 0.3 is 0 Å². The summed E-state index contributed by atoms with van der Waals surface area (Å²) in [5, 5.41) is 3.20. The minimum absolute atomic E-state index is 0.0215. The van der Waals surface area contributed by atoms with Gasteiger partial charge in [-0.05, 0) is 18.2 Å². The second-order valence-electron chi connectivity index (χ2n) is 3.89. The Bertz CT molecular complexity index is 399. The summed E-state index contributed by atoms with van der Waals surface area (Å²) in [4.78, 5) is 13.9. The van der Waals surface area contributed by atoms with Crippen LogP contribution in [0.3, 0.4) is 0 Å². The maximum absolute atomic E-state index is 12.1. The molecule has 0 spiro atoms. The Balaban J connectivity index is 2.16. The predicted octanol–water partition coefficient (Wildman–Crippen LogP) is -0.104. The molecule has 1 aromatic rings. The predicted molar refractivity (Wildman–Crippen MR) is 64.0 cm³/mol. The molecule has 5 N–H and O–H groups in total. The molecule has 0 aliphatic carbocycles. The van der Waals surface area contributed by atoms with E-state index in [1.54, 1.807) is 18.2 Å². The molecule has 0 unspecified atom stereocenters. The summed E-state index contributed by atoms with van der Waals surface area (Å²) < 4.78 is 0. The van der Waals surface area contributed by atoms with Crippen molar-refractivity contribution < 1.29 is 4.79 Å². The molecule has 86 valence electrons. The highest BCUT2D eigenvalue weighted by Gasteiger charge is 2.18. The number of carbonyl (C=O) groups excluding carboxylic acids is 1. The summed E-state index contributed by atoms with van der Waals surface area (Å²) in [7, 11) is 0. The molecule has 1 amide bonds. The van der Waals surface area contributed by atoms with Gasteiger partial charge in [-0.15, -0.1) is 0 Å². The minimum Gasteiger partial charge on any atom is -0.397 e. The van der Waals surface area contributed by atoms with E-state index in [2.05, 4.69) is 5.32 Å². The third-order valence-corrected chi connectivity index (χ3v) is 2.74. The Morgan fingerprint density at radius 2 is 1.88 bits per heavy atom. The smallest absolute Gasteiger partial charge is 0.254 e. The van der Waals surface area contributed by atoms with Crippen molar-refractivity contribution in [2.75, 3.05) is 37.6 Å². The highest BCUT2D eigenvalue weighted by Crippen LogP contribution is 2.17. The molecule has 1 saturated heterocycles. The van der Waals surface area contributed by atoms with Crippen molar-refractivity contribution in [3.05, 3.63) is 23.8 Å². The molecule has 1 fully saturated rings. The summed E-state index contributed by atoms with van der Waals surface area (Å²) in [6.45, 7) is 3.17. The van der Waals surface area contributed by atoms with Crippen LogP contribution in [0.5, 0.6) is 0 Å². The average Bonchev–Trinajstić information content (AvgIpc) is 2.33. The fourth-order valence-corrected chi connectivity index (χ4v) is 1.76. The molecule has 1 aromatic carbocycles. The van der Waals surface area contributed by atoms with E-state index < -0.39 is 0 Å². The fourth-order valence-electron chi connectivity index (χ4n) is 1.76. The van der Waals surface area contributed by atoms with Crippen LogP contribution in [0.25, 0.3) is 0 Å². The van der Waals surface area contributed by atoms with Gasteiger partial charge in [0, 0.05) is 31.7 Å². The first-order valence-electron chi connectivity index (χ1n) is 5.33. The zero-order valence-corrected chi connectivity index (χ0v) is 9.07. The molecule has 0 radical (unpaired) electrons. The van der Waals surface area contributed by atoms with E-state index in [1.165, 1.54) is 0 Å². The Morgan fingerprint density at radius 3 is 2.50 bits per heavy atom. The molecule has 5 heteroatoms. The van der Waals surface area contributed by atoms with Crippen molar-refractivity contribution in [2.24, 2.45) is 0 Å². The number of nitrogens with zero attached hydrogens (tertiary/aromatic N) is 1. The first kappa shape index (κ1) is 10.8. The van der Waals surface area contributed by atoms with Crippen LogP contribution in [0.15, 0.2) is 18.2 Å². The number of benzene rings is 1. The molecule has 0 atom stereocenters. The monoisotopic (exact) mass is 220 g/mol. The quantitative estimate of drug-likeness (QED) is 0.577. The van der Waals surface area contributed by atoms with Gasteiger partial charge in [-0.1, -0.05) is 0 Å². The maximum atomic E-state index is 12.1. The molecule has 1 heterocycles. The van der Waals surface area contributed by atoms with Crippen LogP contribution in [-0.2, 0) is 0 Å². The normalized spacial score (nSPS) is 16.1. The van der Waals surface area contributed by atoms with Gasteiger partial charge in [0.1, 0.15) is 0 Å². The number of piperazine rings is 1. The van der Waals surface area contributed by atoms with Crippen LogP contribution in [0.1, 0.15) is 10.4 Å². The molecule has 0 aromatic heterocycles. The molecule has 5 nitrogen and oxygen atoms in total. The van der Waals surface area contributed by atoms with E-state index in [4.69, 9.17) is 11.5 Å². The van der Waals surface area contributed by atoms with Gasteiger partial charge in [0.15, 0.2) is 0 Å². The molecule has 1 aliphatic rings. The summed E-state index contributed by atoms with van der Waals surface area (Å²) in [6, 6.07) is 5.03. The Morgan fingerprint density at radius 1 is 1.19 bits per heavy atom. The van der Waals surface area contributed by atoms with E-state index in [-0.39, 0.29) is 5.91 Å². The fraction of sp³-hybridized carbons (Fsp3) is 0.364. The topological polar surface area (TPSA) is 84.4 Å². The summed E-state index contributed by atoms with van der Waals surface area (Å²) in [5.74, 6) is 0.0215. The van der Waals surface area contributed by atoms with Crippen LogP contribution < -0.4 is 16.8 Å². The molecule has 2 rings (SSSR count). The third kappa shape index (κ3) is 2.09. The van der Waals surface area contributed by atoms with E-state index in [0.29, 0.717) is 16.9 Å². The zero-order valence-electron chi connectivity index (χ0n) is 9.07. The Hall–Kier alpha value is -1.75. The van der Waals surface area contributed by atoms with Crippen molar-refractivity contribution in [2.45, 2.75) is 0 Å².